The number of aliphatic hydroxyl groups excluding tert-OH is 1. The smallest absolute Gasteiger partial charge is 0.0678 e. The lowest BCUT2D eigenvalue weighted by Crippen LogP contribution is -2.53. The van der Waals surface area contributed by atoms with E-state index in [1.54, 1.807) is 0 Å². The summed E-state index contributed by atoms with van der Waals surface area (Å²) in [4.78, 5) is 0. The van der Waals surface area contributed by atoms with Crippen molar-refractivity contribution in [1.82, 2.24) is 0 Å². The van der Waals surface area contributed by atoms with Gasteiger partial charge in [-0.25, -0.2) is 0 Å². The Morgan fingerprint density at radius 2 is 2.06 bits per heavy atom. The summed E-state index contributed by atoms with van der Waals surface area (Å²) in [6.07, 6.45) is 4.56. The molecule has 2 heteroatoms. The topological polar surface area (TPSA) is 40.5 Å². The average molecular weight is 238 g/mol. The Balaban J connectivity index is 2.35. The number of rotatable bonds is 1. The highest BCUT2D eigenvalue weighted by Crippen LogP contribution is 2.49. The van der Waals surface area contributed by atoms with Gasteiger partial charge in [-0.2, -0.15) is 0 Å². The van der Waals surface area contributed by atoms with Gasteiger partial charge in [0.25, 0.3) is 0 Å². The molecule has 0 unspecified atom stereocenters. The summed E-state index contributed by atoms with van der Waals surface area (Å²) in [6.45, 7) is 8.51. The molecule has 1 saturated carbocycles. The highest BCUT2D eigenvalue weighted by molar-refractivity contribution is 5.16. The lowest BCUT2D eigenvalue weighted by Gasteiger charge is -2.51. The van der Waals surface area contributed by atoms with Crippen LogP contribution in [0.25, 0.3) is 0 Å². The van der Waals surface area contributed by atoms with Gasteiger partial charge in [0.05, 0.1) is 11.7 Å². The van der Waals surface area contributed by atoms with Crippen molar-refractivity contribution >= 4 is 0 Å². The van der Waals surface area contributed by atoms with Gasteiger partial charge in [0.15, 0.2) is 0 Å². The van der Waals surface area contributed by atoms with Crippen LogP contribution in [-0.2, 0) is 0 Å². The molecule has 2 rings (SSSR count). The molecule has 1 fully saturated rings. The molecule has 17 heavy (non-hydrogen) atoms. The van der Waals surface area contributed by atoms with Crippen LogP contribution in [0.3, 0.4) is 0 Å². The van der Waals surface area contributed by atoms with Gasteiger partial charge in [0, 0.05) is 5.92 Å². The predicted octanol–water partition coefficient (Wildman–Crippen LogP) is 2.75. The van der Waals surface area contributed by atoms with Crippen molar-refractivity contribution < 1.29 is 10.2 Å². The number of hydrogen-bond donors (Lipinski definition) is 2. The van der Waals surface area contributed by atoms with E-state index in [0.29, 0.717) is 17.8 Å². The molecular weight excluding hydrogens is 212 g/mol. The molecule has 0 aromatic rings. The number of fused-ring (bicyclic) bond motifs is 1. The first-order valence-corrected chi connectivity index (χ1v) is 6.90. The van der Waals surface area contributed by atoms with Crippen molar-refractivity contribution in [2.45, 2.75) is 58.7 Å². The van der Waals surface area contributed by atoms with Crippen LogP contribution in [-0.4, -0.2) is 21.9 Å². The lowest BCUT2D eigenvalue weighted by atomic mass is 9.57. The van der Waals surface area contributed by atoms with Gasteiger partial charge < -0.3 is 10.2 Å². The van der Waals surface area contributed by atoms with Crippen LogP contribution >= 0.6 is 0 Å². The third-order valence-electron chi connectivity index (χ3n) is 4.89. The van der Waals surface area contributed by atoms with E-state index in [1.807, 2.05) is 6.92 Å². The average Bonchev–Trinajstić information content (AvgIpc) is 2.14. The van der Waals surface area contributed by atoms with E-state index in [4.69, 9.17) is 0 Å². The van der Waals surface area contributed by atoms with Gasteiger partial charge in [0.2, 0.25) is 0 Å². The van der Waals surface area contributed by atoms with E-state index in [0.717, 1.165) is 19.3 Å². The summed E-state index contributed by atoms with van der Waals surface area (Å²) < 4.78 is 0. The molecule has 0 aromatic heterocycles. The van der Waals surface area contributed by atoms with Gasteiger partial charge in [-0.15, -0.1) is 0 Å². The monoisotopic (exact) mass is 238 g/mol. The summed E-state index contributed by atoms with van der Waals surface area (Å²) >= 11 is 0. The van der Waals surface area contributed by atoms with Crippen LogP contribution in [0.5, 0.6) is 0 Å². The van der Waals surface area contributed by atoms with Crippen molar-refractivity contribution in [1.29, 1.82) is 0 Å². The molecule has 2 aliphatic rings. The van der Waals surface area contributed by atoms with Crippen LogP contribution in [0.1, 0.15) is 47.0 Å². The molecule has 0 aliphatic heterocycles. The zero-order chi connectivity index (χ0) is 12.8. The molecular formula is C15H26O2. The van der Waals surface area contributed by atoms with E-state index in [2.05, 4.69) is 26.8 Å². The summed E-state index contributed by atoms with van der Waals surface area (Å²) in [5.74, 6) is 1.59. The van der Waals surface area contributed by atoms with E-state index in [1.165, 1.54) is 5.57 Å². The summed E-state index contributed by atoms with van der Waals surface area (Å²) in [7, 11) is 0. The second-order valence-electron chi connectivity index (χ2n) is 6.69. The van der Waals surface area contributed by atoms with E-state index in [-0.39, 0.29) is 12.0 Å². The van der Waals surface area contributed by atoms with Crippen LogP contribution in [0.4, 0.5) is 0 Å². The van der Waals surface area contributed by atoms with E-state index >= 15 is 0 Å². The van der Waals surface area contributed by atoms with Crippen molar-refractivity contribution in [2.75, 3.05) is 0 Å². The maximum Gasteiger partial charge on any atom is 0.0678 e. The van der Waals surface area contributed by atoms with Crippen molar-refractivity contribution in [2.24, 2.45) is 23.7 Å². The first-order valence-electron chi connectivity index (χ1n) is 6.90. The Labute approximate surface area is 105 Å². The highest BCUT2D eigenvalue weighted by atomic mass is 16.3. The van der Waals surface area contributed by atoms with Gasteiger partial charge in [-0.1, -0.05) is 25.5 Å². The van der Waals surface area contributed by atoms with Crippen LogP contribution in [0.15, 0.2) is 11.6 Å². The fourth-order valence-corrected chi connectivity index (χ4v) is 4.03. The highest BCUT2D eigenvalue weighted by Gasteiger charge is 2.49. The molecule has 0 bridgehead atoms. The molecule has 0 heterocycles. The molecule has 0 spiro atoms. The predicted molar refractivity (Wildman–Crippen MR) is 69.5 cm³/mol. The summed E-state index contributed by atoms with van der Waals surface area (Å²) in [5, 5.41) is 20.8. The first-order chi connectivity index (χ1) is 7.83. The fourth-order valence-electron chi connectivity index (χ4n) is 4.03. The molecule has 5 atom stereocenters. The SMILES string of the molecule is CC1=C[C@@H]2[C@H]([C@@H](O)C1)[C@@](C)(O)CC[C@H]2C(C)C. The number of allylic oxidation sites excluding steroid dienone is 1. The van der Waals surface area contributed by atoms with Crippen LogP contribution in [0.2, 0.25) is 0 Å². The second-order valence-corrected chi connectivity index (χ2v) is 6.69. The van der Waals surface area contributed by atoms with Gasteiger partial charge in [-0.05, 0) is 50.9 Å². The molecule has 0 saturated heterocycles. The largest absolute Gasteiger partial charge is 0.392 e. The minimum Gasteiger partial charge on any atom is -0.392 e. The molecule has 0 aromatic carbocycles. The molecule has 2 aliphatic carbocycles. The van der Waals surface area contributed by atoms with Gasteiger partial charge in [-0.3, -0.25) is 0 Å². The Kier molecular flexibility index (Phi) is 3.39. The second kappa shape index (κ2) is 4.40. The van der Waals surface area contributed by atoms with Crippen molar-refractivity contribution in [3.05, 3.63) is 11.6 Å². The molecule has 2 nitrogen and oxygen atoms in total. The standard InChI is InChI=1S/C15H26O2/c1-9(2)11-5-6-15(4,17)14-12(11)7-10(3)8-13(14)16/h7,9,11-14,16-17H,5-6,8H2,1-4H3/t11-,12-,13-,14+,15-/m0/s1. The zero-order valence-electron chi connectivity index (χ0n) is 11.5. The molecule has 0 amide bonds. The third kappa shape index (κ3) is 2.30. The third-order valence-corrected chi connectivity index (χ3v) is 4.89. The summed E-state index contributed by atoms with van der Waals surface area (Å²) in [6, 6.07) is 0. The van der Waals surface area contributed by atoms with Crippen LogP contribution < -0.4 is 0 Å². The fraction of sp³-hybridized carbons (Fsp3) is 0.867. The van der Waals surface area contributed by atoms with E-state index < -0.39 is 5.60 Å². The lowest BCUT2D eigenvalue weighted by molar-refractivity contribution is -0.125. The Bertz CT molecular complexity index is 317. The quantitative estimate of drug-likeness (QED) is 0.690. The molecule has 2 N–H and O–H groups in total. The van der Waals surface area contributed by atoms with Gasteiger partial charge >= 0.3 is 0 Å². The van der Waals surface area contributed by atoms with Gasteiger partial charge in [0.1, 0.15) is 0 Å². The Hall–Kier alpha value is -0.340. The molecule has 98 valence electrons. The minimum absolute atomic E-state index is 0.0207. The Morgan fingerprint density at radius 1 is 1.41 bits per heavy atom. The van der Waals surface area contributed by atoms with Crippen LogP contribution in [0, 0.1) is 23.7 Å². The van der Waals surface area contributed by atoms with Crippen molar-refractivity contribution in [3.63, 3.8) is 0 Å². The van der Waals surface area contributed by atoms with Crippen molar-refractivity contribution in [3.8, 4) is 0 Å². The molecule has 0 radical (unpaired) electrons. The number of hydrogen-bond acceptors (Lipinski definition) is 2. The minimum atomic E-state index is -0.702. The Morgan fingerprint density at radius 3 is 2.65 bits per heavy atom. The van der Waals surface area contributed by atoms with E-state index in [9.17, 15) is 10.2 Å². The number of aliphatic hydroxyl groups is 2. The normalized spacial score (nSPS) is 46.6. The summed E-state index contributed by atoms with van der Waals surface area (Å²) in [5.41, 5.74) is 0.578. The first kappa shape index (κ1) is 13.1. The maximum absolute atomic E-state index is 10.5. The maximum atomic E-state index is 10.5. The zero-order valence-corrected chi connectivity index (χ0v) is 11.5.